The molecule has 3 N–H and O–H groups in total. The topological polar surface area (TPSA) is 87.0 Å². The number of esters is 1. The van der Waals surface area contributed by atoms with Gasteiger partial charge in [-0.2, -0.15) is 0 Å². The molecule has 4 rings (SSSR count). The normalized spacial score (nSPS) is 51.4. The van der Waals surface area contributed by atoms with Crippen molar-refractivity contribution in [3.8, 4) is 0 Å². The van der Waals surface area contributed by atoms with E-state index >= 15 is 0 Å². The third-order valence-corrected chi connectivity index (χ3v) is 10.6. The van der Waals surface area contributed by atoms with Crippen LogP contribution in [0.1, 0.15) is 78.6 Å². The molecule has 30 heavy (non-hydrogen) atoms. The van der Waals surface area contributed by atoms with E-state index in [2.05, 4.69) is 20.8 Å². The molecule has 5 nitrogen and oxygen atoms in total. The number of ether oxygens (including phenoxy) is 1. The highest BCUT2D eigenvalue weighted by Gasteiger charge is 2.65. The van der Waals surface area contributed by atoms with Crippen LogP contribution in [-0.4, -0.2) is 46.7 Å². The quantitative estimate of drug-likeness (QED) is 0.603. The third kappa shape index (κ3) is 3.34. The molecule has 11 atom stereocenters. The average Bonchev–Trinajstić information content (AvgIpc) is 3.06. The number of rotatable bonds is 4. The Morgan fingerprint density at radius 3 is 2.50 bits per heavy atom. The van der Waals surface area contributed by atoms with Gasteiger partial charge >= 0.3 is 5.97 Å². The second-order valence-corrected chi connectivity index (χ2v) is 11.6. The van der Waals surface area contributed by atoms with Gasteiger partial charge in [-0.25, -0.2) is 0 Å². The highest BCUT2D eigenvalue weighted by Crippen LogP contribution is 2.68. The van der Waals surface area contributed by atoms with Crippen molar-refractivity contribution in [1.29, 1.82) is 0 Å². The fourth-order valence-corrected chi connectivity index (χ4v) is 8.78. The number of carbonyl (C=O) groups is 1. The third-order valence-electron chi connectivity index (χ3n) is 10.6. The van der Waals surface area contributed by atoms with Crippen molar-refractivity contribution in [2.24, 2.45) is 46.3 Å². The first-order valence-electron chi connectivity index (χ1n) is 12.2. The molecule has 4 fully saturated rings. The molecule has 3 unspecified atom stereocenters. The number of hydrogen-bond acceptors (Lipinski definition) is 5. The van der Waals surface area contributed by atoms with Crippen LogP contribution < -0.4 is 0 Å². The highest BCUT2D eigenvalue weighted by atomic mass is 16.5. The zero-order chi connectivity index (χ0) is 21.8. The maximum Gasteiger partial charge on any atom is 0.305 e. The van der Waals surface area contributed by atoms with E-state index in [9.17, 15) is 20.1 Å². The van der Waals surface area contributed by atoms with Crippen molar-refractivity contribution < 1.29 is 24.9 Å². The fourth-order valence-electron chi connectivity index (χ4n) is 8.78. The minimum absolute atomic E-state index is 0.111. The van der Waals surface area contributed by atoms with Crippen LogP contribution in [0.2, 0.25) is 0 Å². The second-order valence-electron chi connectivity index (χ2n) is 11.6. The van der Waals surface area contributed by atoms with Crippen molar-refractivity contribution in [3.63, 3.8) is 0 Å². The number of hydrogen-bond donors (Lipinski definition) is 3. The van der Waals surface area contributed by atoms with Gasteiger partial charge < -0.3 is 20.1 Å². The average molecular weight is 423 g/mol. The summed E-state index contributed by atoms with van der Waals surface area (Å²) in [7, 11) is 1.44. The Balaban J connectivity index is 1.58. The molecule has 0 saturated heterocycles. The first-order chi connectivity index (χ1) is 14.1. The lowest BCUT2D eigenvalue weighted by molar-refractivity contribution is -0.207. The predicted molar refractivity (Wildman–Crippen MR) is 114 cm³/mol. The summed E-state index contributed by atoms with van der Waals surface area (Å²) in [5, 5.41) is 33.1. The summed E-state index contributed by atoms with van der Waals surface area (Å²) in [5.74, 6) is 1.81. The summed E-state index contributed by atoms with van der Waals surface area (Å²) in [6.45, 7) is 6.85. The van der Waals surface area contributed by atoms with E-state index in [1.54, 1.807) is 0 Å². The summed E-state index contributed by atoms with van der Waals surface area (Å²) < 4.78 is 4.83. The summed E-state index contributed by atoms with van der Waals surface area (Å²) in [4.78, 5) is 11.7. The Kier molecular flexibility index (Phi) is 6.04. The standard InChI is InChI=1S/C25H42O5/c1-14(5-8-22(29)30-4)17-6-7-18-23-19(13-21(28)25(17,18)3)24(2)10-9-16(26)11-15(24)12-20(23)27/h14-21,23,26-28H,5-13H2,1-4H3/t14-,15-,16+,17-,18?,19?,20-,21+,23?,24+,25-/m1/s1. The minimum atomic E-state index is -0.369. The van der Waals surface area contributed by atoms with Gasteiger partial charge in [-0.05, 0) is 97.7 Å². The SMILES string of the molecule is COC(=O)CC[C@@H](C)[C@H]1CCC2C3C(C[C@H](O)[C@@]21C)[C@@]1(C)CC[C@H](O)C[C@@H]1C[C@H]3O. The molecule has 0 heterocycles. The molecule has 5 heteroatoms. The summed E-state index contributed by atoms with van der Waals surface area (Å²) >= 11 is 0. The molecular formula is C25H42O5. The van der Waals surface area contributed by atoms with Crippen LogP contribution in [0.3, 0.4) is 0 Å². The van der Waals surface area contributed by atoms with Gasteiger partial charge in [-0.3, -0.25) is 4.79 Å². The molecule has 0 aromatic rings. The van der Waals surface area contributed by atoms with Crippen molar-refractivity contribution in [1.82, 2.24) is 0 Å². The van der Waals surface area contributed by atoms with Crippen LogP contribution in [-0.2, 0) is 9.53 Å². The lowest BCUT2D eigenvalue weighted by atomic mass is 9.43. The maximum atomic E-state index is 11.7. The molecule has 0 bridgehead atoms. The molecule has 0 aromatic carbocycles. The highest BCUT2D eigenvalue weighted by molar-refractivity contribution is 5.69. The van der Waals surface area contributed by atoms with E-state index in [1.807, 2.05) is 0 Å². The zero-order valence-electron chi connectivity index (χ0n) is 19.2. The summed E-state index contributed by atoms with van der Waals surface area (Å²) in [5.41, 5.74) is -0.0882. The zero-order valence-corrected chi connectivity index (χ0v) is 19.2. The van der Waals surface area contributed by atoms with E-state index < -0.39 is 0 Å². The molecule has 0 amide bonds. The summed E-state index contributed by atoms with van der Waals surface area (Å²) in [6, 6.07) is 0. The summed E-state index contributed by atoms with van der Waals surface area (Å²) in [6.07, 6.45) is 6.60. The maximum absolute atomic E-state index is 11.7. The number of fused-ring (bicyclic) bond motifs is 5. The molecule has 172 valence electrons. The minimum Gasteiger partial charge on any atom is -0.469 e. The second kappa shape index (κ2) is 8.04. The van der Waals surface area contributed by atoms with Gasteiger partial charge in [0.1, 0.15) is 0 Å². The van der Waals surface area contributed by atoms with Gasteiger partial charge in [0.15, 0.2) is 0 Å². The first kappa shape index (κ1) is 22.5. The monoisotopic (exact) mass is 422 g/mol. The van der Waals surface area contributed by atoms with Crippen LogP contribution in [0.25, 0.3) is 0 Å². The van der Waals surface area contributed by atoms with Gasteiger partial charge in [0.05, 0.1) is 25.4 Å². The smallest absolute Gasteiger partial charge is 0.305 e. The first-order valence-corrected chi connectivity index (χ1v) is 12.2. The van der Waals surface area contributed by atoms with Crippen molar-refractivity contribution in [2.45, 2.75) is 96.9 Å². The number of aliphatic hydroxyl groups is 3. The van der Waals surface area contributed by atoms with E-state index in [0.717, 1.165) is 51.4 Å². The van der Waals surface area contributed by atoms with Crippen LogP contribution in [0.5, 0.6) is 0 Å². The van der Waals surface area contributed by atoms with Gasteiger partial charge in [0.2, 0.25) is 0 Å². The van der Waals surface area contributed by atoms with Crippen LogP contribution in [0.4, 0.5) is 0 Å². The molecule has 0 radical (unpaired) electrons. The number of methoxy groups -OCH3 is 1. The number of carbonyl (C=O) groups excluding carboxylic acids is 1. The largest absolute Gasteiger partial charge is 0.469 e. The fraction of sp³-hybridized carbons (Fsp3) is 0.960. The van der Waals surface area contributed by atoms with E-state index in [1.165, 1.54) is 7.11 Å². The molecular weight excluding hydrogens is 380 g/mol. The Morgan fingerprint density at radius 1 is 1.07 bits per heavy atom. The van der Waals surface area contributed by atoms with Crippen molar-refractivity contribution >= 4 is 5.97 Å². The van der Waals surface area contributed by atoms with Crippen molar-refractivity contribution in [3.05, 3.63) is 0 Å². The Morgan fingerprint density at radius 2 is 1.80 bits per heavy atom. The van der Waals surface area contributed by atoms with Gasteiger partial charge in [-0.1, -0.05) is 20.8 Å². The van der Waals surface area contributed by atoms with E-state index in [-0.39, 0.29) is 41.0 Å². The van der Waals surface area contributed by atoms with Crippen LogP contribution in [0, 0.1) is 46.3 Å². The Labute approximate surface area is 181 Å². The van der Waals surface area contributed by atoms with Crippen molar-refractivity contribution in [2.75, 3.05) is 7.11 Å². The number of aliphatic hydroxyl groups excluding tert-OH is 3. The molecule has 4 saturated carbocycles. The molecule has 4 aliphatic rings. The Bertz CT molecular complexity index is 651. The van der Waals surface area contributed by atoms with Gasteiger partial charge in [0.25, 0.3) is 0 Å². The van der Waals surface area contributed by atoms with Gasteiger partial charge in [-0.15, -0.1) is 0 Å². The molecule has 0 aromatic heterocycles. The van der Waals surface area contributed by atoms with Gasteiger partial charge in [0, 0.05) is 6.42 Å². The lowest BCUT2D eigenvalue weighted by Crippen LogP contribution is -2.62. The van der Waals surface area contributed by atoms with E-state index in [4.69, 9.17) is 4.74 Å². The molecule has 4 aliphatic carbocycles. The van der Waals surface area contributed by atoms with Crippen LogP contribution >= 0.6 is 0 Å². The lowest BCUT2D eigenvalue weighted by Gasteiger charge is -2.63. The Hall–Kier alpha value is -0.650. The van der Waals surface area contributed by atoms with Crippen LogP contribution in [0.15, 0.2) is 0 Å². The van der Waals surface area contributed by atoms with E-state index in [0.29, 0.717) is 36.0 Å². The molecule has 0 aliphatic heterocycles. The molecule has 0 spiro atoms. The predicted octanol–water partition coefficient (Wildman–Crippen LogP) is 3.54.